The molecule has 0 fully saturated rings. The van der Waals surface area contributed by atoms with E-state index in [2.05, 4.69) is 15.3 Å². The van der Waals surface area contributed by atoms with Crippen LogP contribution in [0.4, 0.5) is 5.69 Å². The fourth-order valence-electron chi connectivity index (χ4n) is 3.76. The van der Waals surface area contributed by atoms with Crippen molar-refractivity contribution in [2.45, 2.75) is 44.2 Å². The van der Waals surface area contributed by atoms with E-state index >= 15 is 0 Å². The number of thioether (sulfide) groups is 1. The molecule has 1 aliphatic carbocycles. The number of anilines is 1. The van der Waals surface area contributed by atoms with E-state index in [1.807, 2.05) is 43.3 Å². The molecule has 0 saturated heterocycles. The van der Waals surface area contributed by atoms with Crippen molar-refractivity contribution in [3.8, 4) is 0 Å². The van der Waals surface area contributed by atoms with Gasteiger partial charge >= 0.3 is 5.69 Å². The van der Waals surface area contributed by atoms with Crippen LogP contribution < -0.4 is 11.0 Å². The van der Waals surface area contributed by atoms with Gasteiger partial charge in [-0.05, 0) is 61.9 Å². The Morgan fingerprint density at radius 1 is 1.20 bits per heavy atom. The Morgan fingerprint density at radius 3 is 2.87 bits per heavy atom. The SMILES string of the molecule is Cc1cccc(NC(=O)CSc2nc(=O)n(Cc3cccnc3)c3c2CCCC3)c1. The second-order valence-electron chi connectivity index (χ2n) is 7.49. The van der Waals surface area contributed by atoms with Crippen LogP contribution in [-0.4, -0.2) is 26.2 Å². The lowest BCUT2D eigenvalue weighted by Gasteiger charge is -2.22. The molecule has 2 aromatic heterocycles. The third kappa shape index (κ3) is 4.79. The number of hydrogen-bond acceptors (Lipinski definition) is 5. The third-order valence-corrected chi connectivity index (χ3v) is 6.17. The summed E-state index contributed by atoms with van der Waals surface area (Å²) in [6.07, 6.45) is 7.37. The molecule has 7 heteroatoms. The fraction of sp³-hybridized carbons (Fsp3) is 0.304. The lowest BCUT2D eigenvalue weighted by atomic mass is 9.97. The topological polar surface area (TPSA) is 76.9 Å². The van der Waals surface area contributed by atoms with E-state index in [9.17, 15) is 9.59 Å². The van der Waals surface area contributed by atoms with Crippen LogP contribution in [0, 0.1) is 6.92 Å². The van der Waals surface area contributed by atoms with E-state index in [1.54, 1.807) is 17.0 Å². The largest absolute Gasteiger partial charge is 0.349 e. The second-order valence-corrected chi connectivity index (χ2v) is 8.45. The van der Waals surface area contributed by atoms with Gasteiger partial charge in [-0.1, -0.05) is 30.0 Å². The first-order valence-electron chi connectivity index (χ1n) is 10.1. The Balaban J connectivity index is 1.53. The summed E-state index contributed by atoms with van der Waals surface area (Å²) >= 11 is 1.35. The van der Waals surface area contributed by atoms with Gasteiger partial charge in [-0.15, -0.1) is 0 Å². The molecule has 1 aliphatic rings. The van der Waals surface area contributed by atoms with Crippen LogP contribution in [0.25, 0.3) is 0 Å². The van der Waals surface area contributed by atoms with Crippen molar-refractivity contribution >= 4 is 23.4 Å². The number of aryl methyl sites for hydroxylation is 1. The molecule has 0 radical (unpaired) electrons. The average Bonchev–Trinajstić information content (AvgIpc) is 2.75. The predicted octanol–water partition coefficient (Wildman–Crippen LogP) is 3.60. The highest BCUT2D eigenvalue weighted by Gasteiger charge is 2.21. The van der Waals surface area contributed by atoms with Crippen molar-refractivity contribution in [1.82, 2.24) is 14.5 Å². The number of nitrogens with one attached hydrogen (secondary N) is 1. The van der Waals surface area contributed by atoms with E-state index in [4.69, 9.17) is 0 Å². The molecule has 0 atom stereocenters. The van der Waals surface area contributed by atoms with Gasteiger partial charge in [-0.25, -0.2) is 4.79 Å². The number of rotatable bonds is 6. The minimum absolute atomic E-state index is 0.100. The molecule has 1 N–H and O–H groups in total. The zero-order chi connectivity index (χ0) is 20.9. The lowest BCUT2D eigenvalue weighted by Crippen LogP contribution is -2.30. The normalized spacial score (nSPS) is 13.0. The van der Waals surface area contributed by atoms with E-state index in [1.165, 1.54) is 11.8 Å². The zero-order valence-corrected chi connectivity index (χ0v) is 17.7. The molecule has 30 heavy (non-hydrogen) atoms. The molecule has 0 bridgehead atoms. The first-order valence-corrected chi connectivity index (χ1v) is 11.1. The van der Waals surface area contributed by atoms with Gasteiger partial charge in [-0.3, -0.25) is 14.3 Å². The van der Waals surface area contributed by atoms with Crippen molar-refractivity contribution in [3.05, 3.63) is 81.7 Å². The lowest BCUT2D eigenvalue weighted by molar-refractivity contribution is -0.113. The highest BCUT2D eigenvalue weighted by molar-refractivity contribution is 8.00. The number of hydrogen-bond donors (Lipinski definition) is 1. The molecular formula is C23H24N4O2S. The minimum Gasteiger partial charge on any atom is -0.325 e. The number of pyridine rings is 1. The number of aromatic nitrogens is 3. The number of carbonyl (C=O) groups excluding carboxylic acids is 1. The molecule has 0 aliphatic heterocycles. The number of amides is 1. The van der Waals surface area contributed by atoms with Crippen molar-refractivity contribution < 1.29 is 4.79 Å². The molecule has 154 valence electrons. The Bertz CT molecular complexity index is 1110. The van der Waals surface area contributed by atoms with Crippen molar-refractivity contribution in [2.75, 3.05) is 11.1 Å². The average molecular weight is 421 g/mol. The summed E-state index contributed by atoms with van der Waals surface area (Å²) in [5.74, 6) is 0.121. The quantitative estimate of drug-likeness (QED) is 0.487. The van der Waals surface area contributed by atoms with Gasteiger partial charge in [0.05, 0.1) is 12.3 Å². The second kappa shape index (κ2) is 9.26. The minimum atomic E-state index is -0.263. The predicted molar refractivity (Wildman–Crippen MR) is 119 cm³/mol. The van der Waals surface area contributed by atoms with Gasteiger partial charge in [0, 0.05) is 29.3 Å². The van der Waals surface area contributed by atoms with Crippen LogP contribution in [0.2, 0.25) is 0 Å². The molecule has 3 aromatic rings. The van der Waals surface area contributed by atoms with Gasteiger partial charge in [0.15, 0.2) is 0 Å². The molecular weight excluding hydrogens is 396 g/mol. The van der Waals surface area contributed by atoms with Crippen molar-refractivity contribution in [1.29, 1.82) is 0 Å². The number of carbonyl (C=O) groups is 1. The third-order valence-electron chi connectivity index (χ3n) is 5.16. The monoisotopic (exact) mass is 420 g/mol. The van der Waals surface area contributed by atoms with Gasteiger partial charge in [0.1, 0.15) is 5.03 Å². The number of nitrogens with zero attached hydrogens (tertiary/aromatic N) is 3. The van der Waals surface area contributed by atoms with Gasteiger partial charge in [-0.2, -0.15) is 4.98 Å². The van der Waals surface area contributed by atoms with Crippen molar-refractivity contribution in [3.63, 3.8) is 0 Å². The summed E-state index contributed by atoms with van der Waals surface area (Å²) in [5, 5.41) is 3.61. The molecule has 0 unspecified atom stereocenters. The van der Waals surface area contributed by atoms with Gasteiger partial charge < -0.3 is 5.32 Å². The standard InChI is InChI=1S/C23H24N4O2S/c1-16-6-4-8-18(12-16)25-21(28)15-30-22-19-9-2-3-10-20(19)27(23(29)26-22)14-17-7-5-11-24-13-17/h4-8,11-13H,2-3,9-10,14-15H2,1H3,(H,25,28). The molecule has 0 spiro atoms. The molecule has 4 rings (SSSR count). The van der Waals surface area contributed by atoms with E-state index < -0.39 is 0 Å². The molecule has 1 aromatic carbocycles. The zero-order valence-electron chi connectivity index (χ0n) is 16.9. The maximum absolute atomic E-state index is 12.8. The van der Waals surface area contributed by atoms with Gasteiger partial charge in [0.25, 0.3) is 0 Å². The van der Waals surface area contributed by atoms with E-state index in [0.29, 0.717) is 11.6 Å². The maximum Gasteiger partial charge on any atom is 0.349 e. The van der Waals surface area contributed by atoms with Gasteiger partial charge in [0.2, 0.25) is 5.91 Å². The Hall–Kier alpha value is -2.93. The summed E-state index contributed by atoms with van der Waals surface area (Å²) in [7, 11) is 0. The van der Waals surface area contributed by atoms with Crippen LogP contribution >= 0.6 is 11.8 Å². The van der Waals surface area contributed by atoms with Crippen LogP contribution in [-0.2, 0) is 24.2 Å². The molecule has 6 nitrogen and oxygen atoms in total. The van der Waals surface area contributed by atoms with Crippen molar-refractivity contribution in [2.24, 2.45) is 0 Å². The molecule has 0 saturated carbocycles. The van der Waals surface area contributed by atoms with Crippen LogP contribution in [0.5, 0.6) is 0 Å². The van der Waals surface area contributed by atoms with E-state index in [-0.39, 0.29) is 17.3 Å². The van der Waals surface area contributed by atoms with Crippen LogP contribution in [0.1, 0.15) is 35.2 Å². The summed E-state index contributed by atoms with van der Waals surface area (Å²) in [6, 6.07) is 11.5. The number of benzene rings is 1. The Kier molecular flexibility index (Phi) is 6.28. The van der Waals surface area contributed by atoms with E-state index in [0.717, 1.165) is 53.8 Å². The first kappa shape index (κ1) is 20.3. The van der Waals surface area contributed by atoms with Crippen LogP contribution in [0.3, 0.4) is 0 Å². The summed E-state index contributed by atoms with van der Waals surface area (Å²) < 4.78 is 1.77. The summed E-state index contributed by atoms with van der Waals surface area (Å²) in [6.45, 7) is 2.46. The highest BCUT2D eigenvalue weighted by atomic mass is 32.2. The highest BCUT2D eigenvalue weighted by Crippen LogP contribution is 2.28. The van der Waals surface area contributed by atoms with Crippen LogP contribution in [0.15, 0.2) is 58.6 Å². The first-order chi connectivity index (χ1) is 14.6. The molecule has 1 amide bonds. The summed E-state index contributed by atoms with van der Waals surface area (Å²) in [4.78, 5) is 33.7. The number of fused-ring (bicyclic) bond motifs is 1. The molecule has 2 heterocycles. The Labute approximate surface area is 179 Å². The summed E-state index contributed by atoms with van der Waals surface area (Å²) in [5.41, 5.74) is 4.74. The maximum atomic E-state index is 12.8. The Morgan fingerprint density at radius 2 is 2.07 bits per heavy atom. The fourth-order valence-corrected chi connectivity index (χ4v) is 4.63. The smallest absolute Gasteiger partial charge is 0.325 e.